The van der Waals surface area contributed by atoms with Crippen LogP contribution in [0.15, 0.2) is 71.3 Å². The third-order valence-electron chi connectivity index (χ3n) is 4.80. The molecule has 0 radical (unpaired) electrons. The maximum absolute atomic E-state index is 12.0. The average Bonchev–Trinajstić information content (AvgIpc) is 3.36. The second-order valence-corrected chi connectivity index (χ2v) is 6.93. The fraction of sp³-hybridized carbons (Fsp3) is 0.217. The Labute approximate surface area is 164 Å². The van der Waals surface area contributed by atoms with Gasteiger partial charge in [0.25, 0.3) is 5.91 Å². The van der Waals surface area contributed by atoms with Crippen molar-refractivity contribution in [2.24, 2.45) is 0 Å². The van der Waals surface area contributed by atoms with E-state index in [0.29, 0.717) is 12.3 Å². The van der Waals surface area contributed by atoms with Gasteiger partial charge in [-0.3, -0.25) is 4.79 Å². The standard InChI is InChI=1S/C23H23N3O2/c1-17-10-12-18(13-11-17)16-26-20-7-3-2-6-19(20)25-22(26)9-4-14-24-23(27)21-8-5-15-28-21/h2-3,5-8,10-13,15H,4,9,14,16H2,1H3,(H,24,27). The molecule has 5 heteroatoms. The highest BCUT2D eigenvalue weighted by Crippen LogP contribution is 2.19. The third-order valence-corrected chi connectivity index (χ3v) is 4.80. The molecule has 0 aliphatic rings. The van der Waals surface area contributed by atoms with Crippen molar-refractivity contribution < 1.29 is 9.21 Å². The zero-order valence-electron chi connectivity index (χ0n) is 15.9. The molecule has 0 fully saturated rings. The molecule has 5 nitrogen and oxygen atoms in total. The maximum atomic E-state index is 12.0. The number of hydrogen-bond donors (Lipinski definition) is 1. The smallest absolute Gasteiger partial charge is 0.286 e. The van der Waals surface area contributed by atoms with E-state index in [4.69, 9.17) is 9.40 Å². The number of amides is 1. The molecule has 4 aromatic rings. The van der Waals surface area contributed by atoms with Gasteiger partial charge in [-0.15, -0.1) is 0 Å². The Hall–Kier alpha value is -3.34. The number of nitrogens with one attached hydrogen (secondary N) is 1. The molecular weight excluding hydrogens is 350 g/mol. The molecule has 28 heavy (non-hydrogen) atoms. The van der Waals surface area contributed by atoms with Crippen LogP contribution in [0.25, 0.3) is 11.0 Å². The number of rotatable bonds is 7. The Balaban J connectivity index is 1.46. The summed E-state index contributed by atoms with van der Waals surface area (Å²) in [5.41, 5.74) is 4.65. The van der Waals surface area contributed by atoms with Crippen LogP contribution in [-0.4, -0.2) is 22.0 Å². The number of nitrogens with zero attached hydrogens (tertiary/aromatic N) is 2. The number of hydrogen-bond acceptors (Lipinski definition) is 3. The van der Waals surface area contributed by atoms with Crippen LogP contribution in [0, 0.1) is 6.92 Å². The molecule has 0 spiro atoms. The van der Waals surface area contributed by atoms with E-state index in [9.17, 15) is 4.79 Å². The minimum Gasteiger partial charge on any atom is -0.459 e. The zero-order chi connectivity index (χ0) is 19.3. The average molecular weight is 373 g/mol. The van der Waals surface area contributed by atoms with E-state index in [-0.39, 0.29) is 5.91 Å². The first-order valence-corrected chi connectivity index (χ1v) is 9.52. The highest BCUT2D eigenvalue weighted by atomic mass is 16.3. The number of fused-ring (bicyclic) bond motifs is 1. The number of imidazole rings is 1. The lowest BCUT2D eigenvalue weighted by atomic mass is 10.1. The molecule has 2 heterocycles. The van der Waals surface area contributed by atoms with Gasteiger partial charge < -0.3 is 14.3 Å². The first kappa shape index (κ1) is 18.0. The van der Waals surface area contributed by atoms with Crippen molar-refractivity contribution in [2.75, 3.05) is 6.54 Å². The quantitative estimate of drug-likeness (QED) is 0.490. The minimum absolute atomic E-state index is 0.182. The fourth-order valence-electron chi connectivity index (χ4n) is 3.31. The summed E-state index contributed by atoms with van der Waals surface area (Å²) in [7, 11) is 0. The number of carbonyl (C=O) groups excluding carboxylic acids is 1. The number of carbonyl (C=O) groups is 1. The lowest BCUT2D eigenvalue weighted by molar-refractivity contribution is 0.0925. The van der Waals surface area contributed by atoms with Crippen LogP contribution in [0.4, 0.5) is 0 Å². The highest BCUT2D eigenvalue weighted by molar-refractivity contribution is 5.91. The van der Waals surface area contributed by atoms with Crippen molar-refractivity contribution >= 4 is 16.9 Å². The second kappa shape index (κ2) is 8.13. The topological polar surface area (TPSA) is 60.1 Å². The fourth-order valence-corrected chi connectivity index (χ4v) is 3.31. The molecule has 4 rings (SSSR count). The van der Waals surface area contributed by atoms with Crippen molar-refractivity contribution in [1.29, 1.82) is 0 Å². The molecule has 0 saturated carbocycles. The summed E-state index contributed by atoms with van der Waals surface area (Å²) in [5.74, 6) is 1.19. The van der Waals surface area contributed by atoms with Gasteiger partial charge in [0.1, 0.15) is 5.82 Å². The SMILES string of the molecule is Cc1ccc(Cn2c(CCCNC(=O)c3ccco3)nc3ccccc32)cc1. The Morgan fingerprint density at radius 3 is 2.68 bits per heavy atom. The Bertz CT molecular complexity index is 1060. The molecule has 0 unspecified atom stereocenters. The Morgan fingerprint density at radius 2 is 1.89 bits per heavy atom. The third kappa shape index (κ3) is 3.98. The molecule has 0 saturated heterocycles. The predicted molar refractivity (Wildman–Crippen MR) is 109 cm³/mol. The maximum Gasteiger partial charge on any atom is 0.286 e. The van der Waals surface area contributed by atoms with Crippen LogP contribution in [0.2, 0.25) is 0 Å². The summed E-state index contributed by atoms with van der Waals surface area (Å²) < 4.78 is 7.39. The van der Waals surface area contributed by atoms with Crippen LogP contribution in [0.1, 0.15) is 33.9 Å². The Morgan fingerprint density at radius 1 is 1.07 bits per heavy atom. The molecule has 0 aliphatic heterocycles. The van der Waals surface area contributed by atoms with Gasteiger partial charge in [0.15, 0.2) is 5.76 Å². The van der Waals surface area contributed by atoms with Crippen LogP contribution in [-0.2, 0) is 13.0 Å². The molecule has 0 atom stereocenters. The van der Waals surface area contributed by atoms with E-state index in [1.54, 1.807) is 12.1 Å². The van der Waals surface area contributed by atoms with Gasteiger partial charge in [0, 0.05) is 19.5 Å². The van der Waals surface area contributed by atoms with Crippen LogP contribution in [0.5, 0.6) is 0 Å². The molecule has 0 bridgehead atoms. The molecule has 2 aromatic heterocycles. The number of furan rings is 1. The zero-order valence-corrected chi connectivity index (χ0v) is 15.9. The normalized spacial score (nSPS) is 11.0. The molecule has 142 valence electrons. The van der Waals surface area contributed by atoms with Gasteiger partial charge in [0.05, 0.1) is 17.3 Å². The summed E-state index contributed by atoms with van der Waals surface area (Å²) in [6.07, 6.45) is 3.10. The van der Waals surface area contributed by atoms with Crippen molar-refractivity contribution in [2.45, 2.75) is 26.3 Å². The largest absolute Gasteiger partial charge is 0.459 e. The van der Waals surface area contributed by atoms with Gasteiger partial charge in [-0.2, -0.15) is 0 Å². The number of benzene rings is 2. The summed E-state index contributed by atoms with van der Waals surface area (Å²) in [4.78, 5) is 16.8. The van der Waals surface area contributed by atoms with E-state index >= 15 is 0 Å². The van der Waals surface area contributed by atoms with E-state index in [1.165, 1.54) is 17.4 Å². The van der Waals surface area contributed by atoms with E-state index in [1.807, 2.05) is 18.2 Å². The number of aryl methyl sites for hydroxylation is 2. The number of aromatic nitrogens is 2. The van der Waals surface area contributed by atoms with Crippen LogP contribution >= 0.6 is 0 Å². The Kier molecular flexibility index (Phi) is 5.24. The first-order valence-electron chi connectivity index (χ1n) is 9.52. The summed E-state index contributed by atoms with van der Waals surface area (Å²) in [6, 6.07) is 20.2. The predicted octanol–water partition coefficient (Wildman–Crippen LogP) is 4.35. The second-order valence-electron chi connectivity index (χ2n) is 6.93. The lowest BCUT2D eigenvalue weighted by Gasteiger charge is -2.10. The molecule has 0 aliphatic carbocycles. The molecule has 2 aromatic carbocycles. The van der Waals surface area contributed by atoms with Crippen LogP contribution < -0.4 is 5.32 Å². The lowest BCUT2D eigenvalue weighted by Crippen LogP contribution is -2.24. The monoisotopic (exact) mass is 373 g/mol. The van der Waals surface area contributed by atoms with Crippen molar-refractivity contribution in [1.82, 2.24) is 14.9 Å². The van der Waals surface area contributed by atoms with E-state index in [2.05, 4.69) is 47.1 Å². The number of para-hydroxylation sites is 2. The van der Waals surface area contributed by atoms with Gasteiger partial charge in [-0.25, -0.2) is 4.98 Å². The van der Waals surface area contributed by atoms with Crippen molar-refractivity contribution in [3.63, 3.8) is 0 Å². The highest BCUT2D eigenvalue weighted by Gasteiger charge is 2.12. The first-order chi connectivity index (χ1) is 13.7. The van der Waals surface area contributed by atoms with Crippen molar-refractivity contribution in [3.8, 4) is 0 Å². The minimum atomic E-state index is -0.182. The van der Waals surface area contributed by atoms with Gasteiger partial charge in [-0.1, -0.05) is 42.0 Å². The summed E-state index contributed by atoms with van der Waals surface area (Å²) in [6.45, 7) is 3.46. The van der Waals surface area contributed by atoms with Gasteiger partial charge in [0.2, 0.25) is 0 Å². The van der Waals surface area contributed by atoms with E-state index < -0.39 is 0 Å². The molecule has 1 amide bonds. The van der Waals surface area contributed by atoms with Crippen LogP contribution in [0.3, 0.4) is 0 Å². The van der Waals surface area contributed by atoms with Gasteiger partial charge in [-0.05, 0) is 43.2 Å². The van der Waals surface area contributed by atoms with E-state index in [0.717, 1.165) is 36.2 Å². The molecule has 1 N–H and O–H groups in total. The molecular formula is C23H23N3O2. The summed E-state index contributed by atoms with van der Waals surface area (Å²) >= 11 is 0. The van der Waals surface area contributed by atoms with Crippen molar-refractivity contribution in [3.05, 3.63) is 89.6 Å². The van der Waals surface area contributed by atoms with Gasteiger partial charge >= 0.3 is 0 Å². The summed E-state index contributed by atoms with van der Waals surface area (Å²) in [5, 5.41) is 2.89.